The van der Waals surface area contributed by atoms with Gasteiger partial charge in [-0.3, -0.25) is 9.80 Å². The molecule has 3 heterocycles. The summed E-state index contributed by atoms with van der Waals surface area (Å²) in [6.07, 6.45) is 2.69. The van der Waals surface area contributed by atoms with Gasteiger partial charge >= 0.3 is 0 Å². The van der Waals surface area contributed by atoms with E-state index in [2.05, 4.69) is 30.6 Å². The number of hydrogen-bond donors (Lipinski definition) is 0. The summed E-state index contributed by atoms with van der Waals surface area (Å²) in [4.78, 5) is 5.31. The molecular formula is C13H26N2O. The molecule has 0 N–H and O–H groups in total. The van der Waals surface area contributed by atoms with Crippen LogP contribution in [-0.4, -0.2) is 60.8 Å². The molecule has 3 aliphatic rings. The van der Waals surface area contributed by atoms with Crippen LogP contribution in [0.25, 0.3) is 0 Å². The van der Waals surface area contributed by atoms with Crippen LogP contribution in [0.15, 0.2) is 0 Å². The first kappa shape index (κ1) is 12.3. The average Bonchev–Trinajstić information content (AvgIpc) is 2.33. The van der Waals surface area contributed by atoms with Gasteiger partial charge in [-0.05, 0) is 26.7 Å². The largest absolute Gasteiger partial charge is 0.380 e. The Bertz CT molecular complexity index is 210. The maximum atomic E-state index is 5.45. The Morgan fingerprint density at radius 2 is 1.94 bits per heavy atom. The summed E-state index contributed by atoms with van der Waals surface area (Å²) in [7, 11) is 0. The smallest absolute Gasteiger partial charge is 0.0593 e. The molecule has 3 rings (SSSR count). The van der Waals surface area contributed by atoms with Gasteiger partial charge in [-0.15, -0.1) is 0 Å². The first-order valence-electron chi connectivity index (χ1n) is 6.83. The molecule has 2 bridgehead atoms. The monoisotopic (exact) mass is 226 g/mol. The van der Waals surface area contributed by atoms with Crippen LogP contribution in [-0.2, 0) is 4.74 Å². The molecule has 3 nitrogen and oxygen atoms in total. The average molecular weight is 226 g/mol. The summed E-state index contributed by atoms with van der Waals surface area (Å²) in [6, 6.07) is 2.39. The van der Waals surface area contributed by atoms with Gasteiger partial charge in [0, 0.05) is 44.4 Å². The van der Waals surface area contributed by atoms with Gasteiger partial charge in [0.15, 0.2) is 0 Å². The van der Waals surface area contributed by atoms with E-state index in [1.54, 1.807) is 0 Å². The Morgan fingerprint density at radius 3 is 2.50 bits per heavy atom. The summed E-state index contributed by atoms with van der Waals surface area (Å²) >= 11 is 0. The SMILES string of the molecule is CCOCCN1C2CC1CN(C(C)CC)C2. The first-order chi connectivity index (χ1) is 7.76. The lowest BCUT2D eigenvalue weighted by atomic mass is 9.86. The van der Waals surface area contributed by atoms with E-state index in [1.807, 2.05) is 0 Å². The van der Waals surface area contributed by atoms with E-state index in [9.17, 15) is 0 Å². The van der Waals surface area contributed by atoms with Gasteiger partial charge in [0.05, 0.1) is 6.61 Å². The van der Waals surface area contributed by atoms with Gasteiger partial charge in [0.1, 0.15) is 0 Å². The lowest BCUT2D eigenvalue weighted by Crippen LogP contribution is -2.70. The van der Waals surface area contributed by atoms with Crippen molar-refractivity contribution in [2.75, 3.05) is 32.8 Å². The number of fused-ring (bicyclic) bond motifs is 2. The molecule has 0 aromatic rings. The van der Waals surface area contributed by atoms with E-state index in [4.69, 9.17) is 4.74 Å². The van der Waals surface area contributed by atoms with Crippen LogP contribution >= 0.6 is 0 Å². The molecule has 0 spiro atoms. The first-order valence-corrected chi connectivity index (χ1v) is 6.83. The van der Waals surface area contributed by atoms with Gasteiger partial charge in [-0.1, -0.05) is 6.92 Å². The molecule has 0 aromatic heterocycles. The van der Waals surface area contributed by atoms with Crippen molar-refractivity contribution in [3.05, 3.63) is 0 Å². The van der Waals surface area contributed by atoms with Crippen molar-refractivity contribution in [1.82, 2.24) is 9.80 Å². The van der Waals surface area contributed by atoms with E-state index in [0.717, 1.165) is 37.9 Å². The minimum Gasteiger partial charge on any atom is -0.380 e. The van der Waals surface area contributed by atoms with E-state index in [1.165, 1.54) is 25.9 Å². The zero-order chi connectivity index (χ0) is 11.5. The molecule has 16 heavy (non-hydrogen) atoms. The summed E-state index contributed by atoms with van der Waals surface area (Å²) in [6.45, 7) is 12.2. The number of ether oxygens (including phenoxy) is 1. The van der Waals surface area contributed by atoms with Crippen LogP contribution < -0.4 is 0 Å². The van der Waals surface area contributed by atoms with Crippen LogP contribution in [0.3, 0.4) is 0 Å². The highest BCUT2D eigenvalue weighted by molar-refractivity contribution is 5.01. The summed E-state index contributed by atoms with van der Waals surface area (Å²) in [5, 5.41) is 0. The quantitative estimate of drug-likeness (QED) is 0.640. The number of nitrogens with zero attached hydrogens (tertiary/aromatic N) is 2. The van der Waals surface area contributed by atoms with E-state index in [-0.39, 0.29) is 0 Å². The highest BCUT2D eigenvalue weighted by atomic mass is 16.5. The maximum Gasteiger partial charge on any atom is 0.0593 e. The summed E-state index contributed by atoms with van der Waals surface area (Å²) < 4.78 is 5.45. The molecule has 3 atom stereocenters. The Morgan fingerprint density at radius 1 is 1.25 bits per heavy atom. The lowest BCUT2D eigenvalue weighted by Gasteiger charge is -2.57. The third-order valence-electron chi connectivity index (χ3n) is 4.28. The van der Waals surface area contributed by atoms with E-state index < -0.39 is 0 Å². The minimum atomic E-state index is 0.763. The van der Waals surface area contributed by atoms with Crippen molar-refractivity contribution >= 4 is 0 Å². The highest BCUT2D eigenvalue weighted by Gasteiger charge is 2.44. The second-order valence-electron chi connectivity index (χ2n) is 5.19. The highest BCUT2D eigenvalue weighted by Crippen LogP contribution is 2.32. The van der Waals surface area contributed by atoms with Crippen molar-refractivity contribution in [1.29, 1.82) is 0 Å². The van der Waals surface area contributed by atoms with Crippen LogP contribution in [0, 0.1) is 0 Å². The molecule has 3 heteroatoms. The molecule has 0 aliphatic carbocycles. The molecule has 94 valence electrons. The number of piperidine rings is 1. The second-order valence-corrected chi connectivity index (χ2v) is 5.19. The predicted molar refractivity (Wildman–Crippen MR) is 66.7 cm³/mol. The molecule has 0 aromatic carbocycles. The van der Waals surface area contributed by atoms with Crippen molar-refractivity contribution in [3.8, 4) is 0 Å². The Hall–Kier alpha value is -0.120. The molecule has 3 saturated heterocycles. The zero-order valence-electron chi connectivity index (χ0n) is 11.0. The predicted octanol–water partition coefficient (Wildman–Crippen LogP) is 1.58. The van der Waals surface area contributed by atoms with Crippen LogP contribution in [0.1, 0.15) is 33.6 Å². The van der Waals surface area contributed by atoms with Gasteiger partial charge in [0.2, 0.25) is 0 Å². The van der Waals surface area contributed by atoms with Crippen molar-refractivity contribution < 1.29 is 4.74 Å². The molecule has 0 radical (unpaired) electrons. The number of hydrogen-bond acceptors (Lipinski definition) is 3. The third kappa shape index (κ3) is 2.41. The summed E-state index contributed by atoms with van der Waals surface area (Å²) in [5.41, 5.74) is 0. The topological polar surface area (TPSA) is 15.7 Å². The minimum absolute atomic E-state index is 0.763. The Balaban J connectivity index is 1.74. The van der Waals surface area contributed by atoms with Gasteiger partial charge in [0.25, 0.3) is 0 Å². The number of piperazine rings is 1. The zero-order valence-corrected chi connectivity index (χ0v) is 11.0. The fraction of sp³-hybridized carbons (Fsp3) is 1.00. The Labute approximate surface area is 99.7 Å². The Kier molecular flexibility index (Phi) is 4.22. The van der Waals surface area contributed by atoms with Crippen molar-refractivity contribution in [2.45, 2.75) is 51.7 Å². The standard InChI is InChI=1S/C13H26N2O/c1-4-11(3)14-9-12-8-13(10-14)15(12)6-7-16-5-2/h11-13H,4-10H2,1-3H3. The van der Waals surface area contributed by atoms with Gasteiger partial charge in [-0.2, -0.15) is 0 Å². The van der Waals surface area contributed by atoms with Crippen LogP contribution in [0.5, 0.6) is 0 Å². The fourth-order valence-corrected chi connectivity index (χ4v) is 3.02. The van der Waals surface area contributed by atoms with Crippen LogP contribution in [0.2, 0.25) is 0 Å². The molecule has 0 amide bonds. The molecule has 3 unspecified atom stereocenters. The van der Waals surface area contributed by atoms with Gasteiger partial charge in [-0.25, -0.2) is 0 Å². The molecular weight excluding hydrogens is 200 g/mol. The van der Waals surface area contributed by atoms with E-state index >= 15 is 0 Å². The van der Waals surface area contributed by atoms with Crippen molar-refractivity contribution in [3.63, 3.8) is 0 Å². The second kappa shape index (κ2) is 5.48. The third-order valence-corrected chi connectivity index (χ3v) is 4.28. The maximum absolute atomic E-state index is 5.45. The molecule has 0 saturated carbocycles. The van der Waals surface area contributed by atoms with E-state index in [0.29, 0.717) is 0 Å². The van der Waals surface area contributed by atoms with Gasteiger partial charge < -0.3 is 4.74 Å². The van der Waals surface area contributed by atoms with Crippen molar-refractivity contribution in [2.24, 2.45) is 0 Å². The van der Waals surface area contributed by atoms with Crippen LogP contribution in [0.4, 0.5) is 0 Å². The normalized spacial score (nSPS) is 32.4. The fourth-order valence-electron chi connectivity index (χ4n) is 3.02. The lowest BCUT2D eigenvalue weighted by molar-refractivity contribution is -0.0893. The summed E-state index contributed by atoms with van der Waals surface area (Å²) in [5.74, 6) is 0. The number of rotatable bonds is 6. The molecule has 3 fully saturated rings. The molecule has 3 aliphatic heterocycles.